The van der Waals surface area contributed by atoms with Crippen LogP contribution in [0, 0.1) is 0 Å². The molecule has 0 aliphatic carbocycles. The summed E-state index contributed by atoms with van der Waals surface area (Å²) in [5, 5.41) is 2.26. The van der Waals surface area contributed by atoms with Crippen molar-refractivity contribution in [1.29, 1.82) is 0 Å². The Morgan fingerprint density at radius 3 is 1.26 bits per heavy atom. The summed E-state index contributed by atoms with van der Waals surface area (Å²) in [7, 11) is 0. The normalized spacial score (nSPS) is 13.1. The molecule has 0 unspecified atom stereocenters. The number of aromatic nitrogens is 1. The van der Waals surface area contributed by atoms with Crippen LogP contribution < -0.4 is 9.80 Å². The average Bonchev–Trinajstić information content (AvgIpc) is 3.68. The summed E-state index contributed by atoms with van der Waals surface area (Å²) in [5.41, 5.74) is 6.94. The summed E-state index contributed by atoms with van der Waals surface area (Å²) < 4.78 is 76.0. The smallest absolute Gasteiger partial charge is 0.0645 e. The van der Waals surface area contributed by atoms with Crippen LogP contribution in [0.5, 0.6) is 0 Å². The van der Waals surface area contributed by atoms with E-state index in [0.29, 0.717) is 16.9 Å². The fraction of sp³-hybridized carbons (Fsp3) is 0. The third-order valence-electron chi connectivity index (χ3n) is 10.1. The number of hydrogen-bond donors (Lipinski definition) is 0. The first kappa shape index (κ1) is 26.2. The third kappa shape index (κ3) is 6.52. The van der Waals surface area contributed by atoms with E-state index in [9.17, 15) is 11.0 Å². The fourth-order valence-electron chi connectivity index (χ4n) is 7.44. The number of para-hydroxylation sites is 5. The first-order valence-electron chi connectivity index (χ1n) is 22.8. The van der Waals surface area contributed by atoms with Crippen LogP contribution in [0.1, 0.15) is 11.0 Å². The van der Waals surface area contributed by atoms with Gasteiger partial charge in [-0.15, -0.1) is 0 Å². The molecule has 0 spiro atoms. The Morgan fingerprint density at radius 1 is 0.298 bits per heavy atom. The predicted molar refractivity (Wildman–Crippen MR) is 241 cm³/mol. The number of anilines is 6. The molecule has 0 saturated carbocycles. The number of rotatable bonds is 9. The molecule has 0 saturated heterocycles. The van der Waals surface area contributed by atoms with Crippen molar-refractivity contribution >= 4 is 55.9 Å². The van der Waals surface area contributed by atoms with E-state index in [2.05, 4.69) is 64.1 Å². The van der Waals surface area contributed by atoms with E-state index < -0.39 is 24.2 Å². The zero-order valence-electron chi connectivity index (χ0n) is 38.7. The average molecular weight is 738 g/mol. The van der Waals surface area contributed by atoms with E-state index in [1.165, 1.54) is 0 Å². The highest BCUT2D eigenvalue weighted by Gasteiger charge is 2.18. The van der Waals surface area contributed by atoms with E-state index in [-0.39, 0.29) is 46.5 Å². The molecule has 0 fully saturated rings. The highest BCUT2D eigenvalue weighted by atomic mass is 15.1. The Kier molecular flexibility index (Phi) is 6.86. The van der Waals surface area contributed by atoms with Gasteiger partial charge in [-0.1, -0.05) is 145 Å². The zero-order valence-corrected chi connectivity index (χ0v) is 30.7. The summed E-state index contributed by atoms with van der Waals surface area (Å²) in [5.74, 6) is 0. The Morgan fingerprint density at radius 2 is 0.702 bits per heavy atom. The summed E-state index contributed by atoms with van der Waals surface area (Å²) >= 11 is 0. The highest BCUT2D eigenvalue weighted by molar-refractivity contribution is 6.10. The second-order valence-corrected chi connectivity index (χ2v) is 13.6. The molecule has 57 heavy (non-hydrogen) atoms. The lowest BCUT2D eigenvalue weighted by Crippen LogP contribution is -2.10. The largest absolute Gasteiger partial charge is 0.311 e. The van der Waals surface area contributed by atoms with Gasteiger partial charge < -0.3 is 14.4 Å². The molecule has 0 bridgehead atoms. The van der Waals surface area contributed by atoms with Gasteiger partial charge in [0.05, 0.1) is 22.0 Å². The van der Waals surface area contributed by atoms with Crippen molar-refractivity contribution in [2.75, 3.05) is 9.80 Å². The Balaban J connectivity index is 1.07. The molecule has 0 atom stereocenters. The number of hydrogen-bond acceptors (Lipinski definition) is 2. The summed E-state index contributed by atoms with van der Waals surface area (Å²) in [6, 6.07) is 57.3. The highest BCUT2D eigenvalue weighted by Crippen LogP contribution is 2.41. The molecular formula is C54H39N3. The van der Waals surface area contributed by atoms with Crippen molar-refractivity contribution in [3.05, 3.63) is 236 Å². The predicted octanol–water partition coefficient (Wildman–Crippen LogP) is 15.1. The SMILES string of the molecule is [2H]c1c([2H])c(-c2c([2H])c([2H])c(N(c3ccccc3)c3ccccc3)c([2H])c2[2H])c([2H])c([2H])c1-c1ccc(N(c2ccccc2)c2ccc3c4ccccc4n(-c4ccccc4)c3c2)cc1. The maximum Gasteiger partial charge on any atom is 0.0645 e. The molecule has 0 amide bonds. The van der Waals surface area contributed by atoms with Gasteiger partial charge in [0, 0.05) is 50.6 Å². The van der Waals surface area contributed by atoms with Crippen molar-refractivity contribution < 1.29 is 11.0 Å². The fourth-order valence-corrected chi connectivity index (χ4v) is 7.44. The van der Waals surface area contributed by atoms with Gasteiger partial charge in [0.15, 0.2) is 0 Å². The van der Waals surface area contributed by atoms with Gasteiger partial charge in [0.1, 0.15) is 0 Å². The van der Waals surface area contributed by atoms with E-state index >= 15 is 0 Å². The molecule has 0 aliphatic heterocycles. The maximum atomic E-state index is 9.24. The first-order chi connectivity index (χ1) is 31.6. The van der Waals surface area contributed by atoms with Gasteiger partial charge in [-0.3, -0.25) is 0 Å². The lowest BCUT2D eigenvalue weighted by Gasteiger charge is -2.26. The van der Waals surface area contributed by atoms with Gasteiger partial charge >= 0.3 is 0 Å². The molecular weight excluding hydrogens is 691 g/mol. The topological polar surface area (TPSA) is 11.4 Å². The number of nitrogens with zero attached hydrogens (tertiary/aromatic N) is 3. The second kappa shape index (κ2) is 14.9. The van der Waals surface area contributed by atoms with Crippen LogP contribution in [0.15, 0.2) is 236 Å². The van der Waals surface area contributed by atoms with Gasteiger partial charge in [-0.25, -0.2) is 0 Å². The Labute approximate surface area is 344 Å². The van der Waals surface area contributed by atoms with Gasteiger partial charge in [0.2, 0.25) is 0 Å². The molecule has 10 rings (SSSR count). The lowest BCUT2D eigenvalue weighted by atomic mass is 9.99. The van der Waals surface area contributed by atoms with Crippen LogP contribution in [0.4, 0.5) is 34.1 Å². The quantitative estimate of drug-likeness (QED) is 0.146. The lowest BCUT2D eigenvalue weighted by molar-refractivity contribution is 1.18. The minimum Gasteiger partial charge on any atom is -0.311 e. The summed E-state index contributed by atoms with van der Waals surface area (Å²) in [6.45, 7) is 0. The summed E-state index contributed by atoms with van der Waals surface area (Å²) in [4.78, 5) is 3.78. The monoisotopic (exact) mass is 737 g/mol. The van der Waals surface area contributed by atoms with Crippen molar-refractivity contribution in [3.63, 3.8) is 0 Å². The molecule has 270 valence electrons. The Hall–Kier alpha value is -7.62. The molecule has 0 radical (unpaired) electrons. The van der Waals surface area contributed by atoms with Crippen molar-refractivity contribution in [2.24, 2.45) is 0 Å². The van der Waals surface area contributed by atoms with Crippen LogP contribution in [0.3, 0.4) is 0 Å². The van der Waals surface area contributed by atoms with E-state index in [0.717, 1.165) is 44.6 Å². The first-order valence-corrected chi connectivity index (χ1v) is 18.8. The minimum atomic E-state index is -0.473. The van der Waals surface area contributed by atoms with Crippen LogP contribution in [0.2, 0.25) is 0 Å². The third-order valence-corrected chi connectivity index (χ3v) is 10.1. The van der Waals surface area contributed by atoms with Gasteiger partial charge in [-0.2, -0.15) is 0 Å². The van der Waals surface area contributed by atoms with E-state index in [4.69, 9.17) is 0 Å². The van der Waals surface area contributed by atoms with Crippen molar-refractivity contribution in [1.82, 2.24) is 4.57 Å². The van der Waals surface area contributed by atoms with Crippen molar-refractivity contribution in [3.8, 4) is 27.9 Å². The van der Waals surface area contributed by atoms with E-state index in [1.807, 2.05) is 121 Å². The van der Waals surface area contributed by atoms with Gasteiger partial charge in [-0.05, 0) is 113 Å². The van der Waals surface area contributed by atoms with Crippen LogP contribution in [0.25, 0.3) is 49.7 Å². The molecule has 0 aliphatic rings. The van der Waals surface area contributed by atoms with E-state index in [1.54, 1.807) is 17.0 Å². The molecule has 3 nitrogen and oxygen atoms in total. The van der Waals surface area contributed by atoms with Crippen LogP contribution in [-0.2, 0) is 0 Å². The molecule has 1 aromatic heterocycles. The molecule has 1 heterocycles. The number of fused-ring (bicyclic) bond motifs is 3. The van der Waals surface area contributed by atoms with Crippen LogP contribution in [-0.4, -0.2) is 4.57 Å². The van der Waals surface area contributed by atoms with Crippen LogP contribution >= 0.6 is 0 Å². The summed E-state index contributed by atoms with van der Waals surface area (Å²) in [6.07, 6.45) is 0. The standard InChI is InChI=1S/C54H39N3/c1-5-15-44(16-6-1)55(45-17-7-2-8-18-45)48-33-29-42(30-34-48)40-25-27-41(28-26-40)43-31-35-49(36-32-43)56(46-19-9-3-10-20-46)50-37-38-52-51-23-13-14-24-53(51)57(54(52)39-50)47-21-11-4-12-22-47/h1-39H/i25D,26D,27D,28D,29D,30D,33D,34D. The molecule has 0 N–H and O–H groups in total. The van der Waals surface area contributed by atoms with Crippen molar-refractivity contribution in [2.45, 2.75) is 0 Å². The second-order valence-electron chi connectivity index (χ2n) is 13.6. The number of benzene rings is 9. The Bertz CT molecular complexity index is 3300. The molecule has 3 heteroatoms. The molecule has 10 aromatic rings. The van der Waals surface area contributed by atoms with Gasteiger partial charge in [0.25, 0.3) is 0 Å². The maximum absolute atomic E-state index is 9.24. The molecule has 9 aromatic carbocycles. The zero-order chi connectivity index (χ0) is 44.9. The minimum absolute atomic E-state index is 0.00355.